The number of aliphatic carboxylic acids is 1. The minimum Gasteiger partial charge on any atom is -0.481 e. The summed E-state index contributed by atoms with van der Waals surface area (Å²) in [7, 11) is 0. The molecule has 0 saturated heterocycles. The van der Waals surface area contributed by atoms with Crippen molar-refractivity contribution >= 4 is 5.97 Å². The van der Waals surface area contributed by atoms with Crippen LogP contribution in [0.3, 0.4) is 0 Å². The molecule has 3 nitrogen and oxygen atoms in total. The third-order valence-corrected chi connectivity index (χ3v) is 3.17. The van der Waals surface area contributed by atoms with E-state index in [1.807, 2.05) is 0 Å². The van der Waals surface area contributed by atoms with Gasteiger partial charge in [-0.1, -0.05) is 6.07 Å². The third-order valence-electron chi connectivity index (χ3n) is 3.17. The number of halogens is 1. The first-order valence-electron chi connectivity index (χ1n) is 5.13. The van der Waals surface area contributed by atoms with Crippen LogP contribution in [0.1, 0.15) is 24.0 Å². The first-order valence-corrected chi connectivity index (χ1v) is 5.13. The van der Waals surface area contributed by atoms with Crippen LogP contribution in [-0.2, 0) is 10.2 Å². The molecule has 1 aliphatic carbocycles. The van der Waals surface area contributed by atoms with Gasteiger partial charge in [-0.2, -0.15) is 0 Å². The molecule has 1 fully saturated rings. The number of aliphatic hydroxyl groups excluding tert-OH is 1. The lowest BCUT2D eigenvalue weighted by Crippen LogP contribution is -2.50. The van der Waals surface area contributed by atoms with Gasteiger partial charge in [0.05, 0.1) is 11.5 Å². The van der Waals surface area contributed by atoms with Crippen molar-refractivity contribution in [3.63, 3.8) is 0 Å². The summed E-state index contributed by atoms with van der Waals surface area (Å²) < 4.78 is 13.2. The second-order valence-corrected chi connectivity index (χ2v) is 4.47. The van der Waals surface area contributed by atoms with Gasteiger partial charge >= 0.3 is 5.97 Å². The lowest BCUT2D eigenvalue weighted by atomic mass is 9.62. The number of hydrogen-bond acceptors (Lipinski definition) is 2. The quantitative estimate of drug-likeness (QED) is 0.802. The van der Waals surface area contributed by atoms with E-state index in [9.17, 15) is 19.4 Å². The van der Waals surface area contributed by atoms with Gasteiger partial charge in [-0.05, 0) is 43.0 Å². The van der Waals surface area contributed by atoms with Crippen LogP contribution in [0.25, 0.3) is 0 Å². The van der Waals surface area contributed by atoms with E-state index in [0.29, 0.717) is 11.1 Å². The van der Waals surface area contributed by atoms with Gasteiger partial charge in [-0.25, -0.2) is 4.39 Å². The van der Waals surface area contributed by atoms with Gasteiger partial charge in [-0.15, -0.1) is 0 Å². The van der Waals surface area contributed by atoms with Crippen molar-refractivity contribution in [3.8, 4) is 0 Å². The van der Waals surface area contributed by atoms with E-state index in [1.165, 1.54) is 12.1 Å². The number of benzene rings is 1. The Morgan fingerprint density at radius 1 is 1.44 bits per heavy atom. The van der Waals surface area contributed by atoms with E-state index in [2.05, 4.69) is 0 Å². The smallest absolute Gasteiger partial charge is 0.314 e. The normalized spacial score (nSPS) is 28.6. The highest BCUT2D eigenvalue weighted by atomic mass is 19.1. The first-order chi connectivity index (χ1) is 7.44. The molecule has 4 heteroatoms. The Hall–Kier alpha value is -1.42. The van der Waals surface area contributed by atoms with E-state index in [1.54, 1.807) is 13.0 Å². The molecule has 1 aromatic carbocycles. The van der Waals surface area contributed by atoms with Crippen LogP contribution in [0.15, 0.2) is 18.2 Å². The molecule has 1 aliphatic rings. The molecule has 0 spiro atoms. The predicted octanol–water partition coefficient (Wildman–Crippen LogP) is 1.61. The van der Waals surface area contributed by atoms with Crippen molar-refractivity contribution in [3.05, 3.63) is 35.1 Å². The van der Waals surface area contributed by atoms with Gasteiger partial charge in [0.2, 0.25) is 0 Å². The average molecular weight is 224 g/mol. The highest BCUT2D eigenvalue weighted by molar-refractivity contribution is 5.83. The minimum atomic E-state index is -1.10. The number of carboxylic acids is 1. The molecule has 0 heterocycles. The highest BCUT2D eigenvalue weighted by Gasteiger charge is 2.51. The number of carbonyl (C=O) groups is 1. The Morgan fingerprint density at radius 3 is 2.50 bits per heavy atom. The van der Waals surface area contributed by atoms with Gasteiger partial charge in [-0.3, -0.25) is 4.79 Å². The maximum absolute atomic E-state index is 13.2. The first kappa shape index (κ1) is 11.1. The maximum atomic E-state index is 13.2. The average Bonchev–Trinajstić information content (AvgIpc) is 2.10. The molecule has 0 radical (unpaired) electrons. The Bertz CT molecular complexity index is 416. The third kappa shape index (κ3) is 1.59. The van der Waals surface area contributed by atoms with Gasteiger partial charge in [0.15, 0.2) is 0 Å². The second kappa shape index (κ2) is 3.56. The summed E-state index contributed by atoms with van der Waals surface area (Å²) in [5.74, 6) is -1.43. The zero-order chi connectivity index (χ0) is 11.9. The molecule has 86 valence electrons. The summed E-state index contributed by atoms with van der Waals surface area (Å²) in [6, 6.07) is 4.27. The summed E-state index contributed by atoms with van der Waals surface area (Å²) in [6.07, 6.45) is -0.282. The highest BCUT2D eigenvalue weighted by Crippen LogP contribution is 2.44. The molecule has 1 saturated carbocycles. The largest absolute Gasteiger partial charge is 0.481 e. The summed E-state index contributed by atoms with van der Waals surface area (Å²) in [5.41, 5.74) is 0.0338. The monoisotopic (exact) mass is 224 g/mol. The molecular weight excluding hydrogens is 211 g/mol. The van der Waals surface area contributed by atoms with Gasteiger partial charge in [0, 0.05) is 0 Å². The van der Waals surface area contributed by atoms with Crippen LogP contribution in [0.4, 0.5) is 4.39 Å². The van der Waals surface area contributed by atoms with Crippen LogP contribution < -0.4 is 0 Å². The van der Waals surface area contributed by atoms with E-state index >= 15 is 0 Å². The SMILES string of the molecule is Cc1cc(F)cc(C2(C(=O)O)CC(O)C2)c1. The van der Waals surface area contributed by atoms with Gasteiger partial charge < -0.3 is 10.2 Å². The number of carboxylic acid groups (broad SMARTS) is 1. The Kier molecular flexibility index (Phi) is 2.46. The fourth-order valence-corrected chi connectivity index (χ4v) is 2.29. The molecule has 0 amide bonds. The Morgan fingerprint density at radius 2 is 2.06 bits per heavy atom. The fourth-order valence-electron chi connectivity index (χ4n) is 2.29. The zero-order valence-electron chi connectivity index (χ0n) is 8.90. The molecule has 2 N–H and O–H groups in total. The molecule has 0 unspecified atom stereocenters. The molecule has 1 aromatic rings. The molecule has 0 aliphatic heterocycles. The van der Waals surface area contributed by atoms with Crippen molar-refractivity contribution in [2.45, 2.75) is 31.3 Å². The zero-order valence-corrected chi connectivity index (χ0v) is 8.90. The standard InChI is InChI=1S/C12H13FO3/c1-7-2-8(4-9(13)3-7)12(11(15)16)5-10(14)6-12/h2-4,10,14H,5-6H2,1H3,(H,15,16). The summed E-state index contributed by atoms with van der Waals surface area (Å²) in [4.78, 5) is 11.2. The lowest BCUT2D eigenvalue weighted by molar-refractivity contribution is -0.152. The second-order valence-electron chi connectivity index (χ2n) is 4.47. The van der Waals surface area contributed by atoms with Gasteiger partial charge in [0.25, 0.3) is 0 Å². The van der Waals surface area contributed by atoms with Crippen molar-refractivity contribution in [1.29, 1.82) is 0 Å². The molecular formula is C12H13FO3. The van der Waals surface area contributed by atoms with E-state index < -0.39 is 23.3 Å². The van der Waals surface area contributed by atoms with Crippen LogP contribution in [0.2, 0.25) is 0 Å². The number of hydrogen-bond donors (Lipinski definition) is 2. The maximum Gasteiger partial charge on any atom is 0.314 e. The Labute approximate surface area is 92.5 Å². The van der Waals surface area contributed by atoms with Gasteiger partial charge in [0.1, 0.15) is 5.82 Å². The minimum absolute atomic E-state index is 0.158. The number of aryl methyl sites for hydroxylation is 1. The topological polar surface area (TPSA) is 57.5 Å². The fraction of sp³-hybridized carbons (Fsp3) is 0.417. The van der Waals surface area contributed by atoms with Crippen LogP contribution in [0, 0.1) is 12.7 Å². The van der Waals surface area contributed by atoms with Crippen molar-refractivity contribution in [2.24, 2.45) is 0 Å². The molecule has 0 atom stereocenters. The van der Waals surface area contributed by atoms with E-state index in [4.69, 9.17) is 0 Å². The van der Waals surface area contributed by atoms with Crippen molar-refractivity contribution in [2.75, 3.05) is 0 Å². The molecule has 0 aromatic heterocycles. The van der Waals surface area contributed by atoms with Crippen molar-refractivity contribution in [1.82, 2.24) is 0 Å². The van der Waals surface area contributed by atoms with Crippen LogP contribution >= 0.6 is 0 Å². The van der Waals surface area contributed by atoms with E-state index in [0.717, 1.165) is 0 Å². The van der Waals surface area contributed by atoms with E-state index in [-0.39, 0.29) is 12.8 Å². The van der Waals surface area contributed by atoms with Crippen molar-refractivity contribution < 1.29 is 19.4 Å². The van der Waals surface area contributed by atoms with Crippen LogP contribution in [0.5, 0.6) is 0 Å². The Balaban J connectivity index is 2.45. The summed E-state index contributed by atoms with van der Waals surface area (Å²) in [6.45, 7) is 1.72. The summed E-state index contributed by atoms with van der Waals surface area (Å²) >= 11 is 0. The van der Waals surface area contributed by atoms with Crippen LogP contribution in [-0.4, -0.2) is 22.3 Å². The predicted molar refractivity (Wildman–Crippen MR) is 55.7 cm³/mol. The number of rotatable bonds is 2. The molecule has 16 heavy (non-hydrogen) atoms. The number of aliphatic hydroxyl groups is 1. The summed E-state index contributed by atoms with van der Waals surface area (Å²) in [5, 5.41) is 18.5. The molecule has 0 bridgehead atoms. The lowest BCUT2D eigenvalue weighted by Gasteiger charge is -2.42. The molecule has 2 rings (SSSR count).